The van der Waals surface area contributed by atoms with Crippen LogP contribution in [0.4, 0.5) is 0 Å². The number of aryl methyl sites for hydroxylation is 2. The number of para-hydroxylation sites is 1. The summed E-state index contributed by atoms with van der Waals surface area (Å²) < 4.78 is 9.09. The molecule has 1 aliphatic rings. The summed E-state index contributed by atoms with van der Waals surface area (Å²) in [6.45, 7) is 1.28. The molecular weight excluding hydrogens is 410 g/mol. The number of ether oxygens (including phenoxy) is 1. The number of rotatable bonds is 7. The number of pyridine rings is 1. The van der Waals surface area contributed by atoms with Crippen LogP contribution in [0.2, 0.25) is 0 Å². The Morgan fingerprint density at radius 2 is 1.81 bits per heavy atom. The number of benzene rings is 1. The van der Waals surface area contributed by atoms with Crippen molar-refractivity contribution in [1.82, 2.24) is 35.1 Å². The number of amides is 2. The molecule has 0 aliphatic carbocycles. The zero-order valence-electron chi connectivity index (χ0n) is 17.2. The highest BCUT2D eigenvalue weighted by atomic mass is 16.5. The Balaban J connectivity index is 1.61. The normalized spacial score (nSPS) is 13.8. The first-order valence-corrected chi connectivity index (χ1v) is 10.1. The topological polar surface area (TPSA) is 117 Å². The Morgan fingerprint density at radius 1 is 1.00 bits per heavy atom. The molecule has 160 valence electrons. The molecule has 0 bridgehead atoms. The molecule has 1 N–H and O–H groups in total. The highest BCUT2D eigenvalue weighted by molar-refractivity contribution is 6.50. The maximum Gasteiger partial charge on any atom is 0.259 e. The van der Waals surface area contributed by atoms with E-state index in [-0.39, 0.29) is 0 Å². The van der Waals surface area contributed by atoms with E-state index in [1.807, 2.05) is 35.0 Å². The second-order valence-electron chi connectivity index (χ2n) is 7.27. The van der Waals surface area contributed by atoms with Gasteiger partial charge in [-0.1, -0.05) is 18.2 Å². The second-order valence-corrected chi connectivity index (χ2v) is 7.27. The number of fused-ring (bicyclic) bond motifs is 1. The number of hydrogen-bond donors (Lipinski definition) is 1. The molecule has 0 atom stereocenters. The minimum absolute atomic E-state index is 0.295. The number of aromatic nitrogens is 6. The number of nitrogens with one attached hydrogen (secondary N) is 1. The highest BCUT2D eigenvalue weighted by Gasteiger charge is 2.35. The Hall–Kier alpha value is -4.34. The van der Waals surface area contributed by atoms with Gasteiger partial charge in [0.25, 0.3) is 11.8 Å². The van der Waals surface area contributed by atoms with Crippen molar-refractivity contribution in [1.29, 1.82) is 0 Å². The molecule has 0 radical (unpaired) electrons. The average Bonchev–Trinajstić information content (AvgIpc) is 3.52. The molecular formula is C22H19N7O3. The molecule has 1 aliphatic heterocycles. The minimum Gasteiger partial charge on any atom is -0.496 e. The molecule has 0 fully saturated rings. The van der Waals surface area contributed by atoms with E-state index in [1.165, 1.54) is 7.11 Å². The standard InChI is InChI=1S/C22H19N7O3/c1-32-17-8-3-2-6-15(17)18-19(22(31)25-21(18)30)16-12-28(20-14(16)7-4-9-23-20)10-5-11-29-13-24-26-27-29/h2-4,6-9,12-13H,5,10-11H2,1H3,(H,25,30,31). The van der Waals surface area contributed by atoms with Crippen molar-refractivity contribution in [2.24, 2.45) is 0 Å². The van der Waals surface area contributed by atoms with Gasteiger partial charge >= 0.3 is 0 Å². The highest BCUT2D eigenvalue weighted by Crippen LogP contribution is 2.38. The molecule has 0 saturated carbocycles. The summed E-state index contributed by atoms with van der Waals surface area (Å²) in [5.41, 5.74) is 2.57. The fourth-order valence-electron chi connectivity index (χ4n) is 4.00. The van der Waals surface area contributed by atoms with Crippen LogP contribution in [-0.4, -0.2) is 48.7 Å². The summed E-state index contributed by atoms with van der Waals surface area (Å²) >= 11 is 0. The van der Waals surface area contributed by atoms with Crippen LogP contribution in [0.3, 0.4) is 0 Å². The molecule has 5 rings (SSSR count). The Morgan fingerprint density at radius 3 is 2.59 bits per heavy atom. The third-order valence-corrected chi connectivity index (χ3v) is 5.39. The van der Waals surface area contributed by atoms with Crippen LogP contribution in [0.1, 0.15) is 17.5 Å². The molecule has 10 nitrogen and oxygen atoms in total. The van der Waals surface area contributed by atoms with Crippen LogP contribution in [-0.2, 0) is 22.7 Å². The van der Waals surface area contributed by atoms with Crippen molar-refractivity contribution in [2.75, 3.05) is 7.11 Å². The van der Waals surface area contributed by atoms with Gasteiger partial charge in [0.15, 0.2) is 0 Å². The van der Waals surface area contributed by atoms with Crippen LogP contribution < -0.4 is 10.1 Å². The van der Waals surface area contributed by atoms with Crippen LogP contribution >= 0.6 is 0 Å². The van der Waals surface area contributed by atoms with E-state index in [0.717, 1.165) is 17.5 Å². The number of carbonyl (C=O) groups is 2. The van der Waals surface area contributed by atoms with Gasteiger partial charge in [-0.2, -0.15) is 0 Å². The van der Waals surface area contributed by atoms with Gasteiger partial charge in [0.05, 0.1) is 18.3 Å². The van der Waals surface area contributed by atoms with E-state index >= 15 is 0 Å². The van der Waals surface area contributed by atoms with Crippen molar-refractivity contribution < 1.29 is 14.3 Å². The maximum absolute atomic E-state index is 12.9. The molecule has 10 heteroatoms. The number of tetrazole rings is 1. The zero-order valence-corrected chi connectivity index (χ0v) is 17.2. The van der Waals surface area contributed by atoms with Crippen LogP contribution in [0, 0.1) is 0 Å². The maximum atomic E-state index is 12.9. The fourth-order valence-corrected chi connectivity index (χ4v) is 4.00. The van der Waals surface area contributed by atoms with Crippen LogP contribution in [0.5, 0.6) is 5.75 Å². The lowest BCUT2D eigenvalue weighted by Crippen LogP contribution is -2.22. The van der Waals surface area contributed by atoms with Gasteiger partial charge in [-0.3, -0.25) is 14.9 Å². The van der Waals surface area contributed by atoms with Gasteiger partial charge in [-0.25, -0.2) is 9.67 Å². The molecule has 4 heterocycles. The predicted molar refractivity (Wildman–Crippen MR) is 115 cm³/mol. The van der Waals surface area contributed by atoms with Crippen molar-refractivity contribution in [2.45, 2.75) is 19.5 Å². The van der Waals surface area contributed by atoms with Gasteiger partial charge in [0, 0.05) is 42.0 Å². The number of carbonyl (C=O) groups excluding carboxylic acids is 2. The SMILES string of the molecule is COc1ccccc1C1=C(c2cn(CCCn3cnnn3)c3ncccc23)C(=O)NC1=O. The molecule has 2 amide bonds. The summed E-state index contributed by atoms with van der Waals surface area (Å²) in [5.74, 6) is -0.362. The molecule has 0 spiro atoms. The summed E-state index contributed by atoms with van der Waals surface area (Å²) in [6.07, 6.45) is 5.91. The first-order valence-electron chi connectivity index (χ1n) is 10.1. The van der Waals surface area contributed by atoms with E-state index in [4.69, 9.17) is 4.74 Å². The number of imide groups is 1. The quantitative estimate of drug-likeness (QED) is 0.444. The first kappa shape index (κ1) is 19.6. The second kappa shape index (κ2) is 8.06. The molecule has 0 saturated heterocycles. The third kappa shape index (κ3) is 3.31. The van der Waals surface area contributed by atoms with Crippen LogP contribution in [0.25, 0.3) is 22.2 Å². The van der Waals surface area contributed by atoms with Gasteiger partial charge in [-0.05, 0) is 35.0 Å². The third-order valence-electron chi connectivity index (χ3n) is 5.39. The molecule has 1 aromatic carbocycles. The molecule has 32 heavy (non-hydrogen) atoms. The van der Waals surface area contributed by atoms with Gasteiger partial charge in [0.2, 0.25) is 0 Å². The average molecular weight is 429 g/mol. The van der Waals surface area contributed by atoms with Crippen molar-refractivity contribution >= 4 is 34.0 Å². The van der Waals surface area contributed by atoms with Gasteiger partial charge < -0.3 is 9.30 Å². The molecule has 3 aromatic heterocycles. The van der Waals surface area contributed by atoms with Crippen LogP contribution in [0.15, 0.2) is 55.1 Å². The largest absolute Gasteiger partial charge is 0.496 e. The van der Waals surface area contributed by atoms with E-state index in [1.54, 1.807) is 29.3 Å². The minimum atomic E-state index is -0.446. The van der Waals surface area contributed by atoms with E-state index in [9.17, 15) is 9.59 Å². The molecule has 0 unspecified atom stereocenters. The van der Waals surface area contributed by atoms with E-state index in [2.05, 4.69) is 25.8 Å². The number of methoxy groups -OCH3 is 1. The number of nitrogens with zero attached hydrogens (tertiary/aromatic N) is 6. The Bertz CT molecular complexity index is 1360. The summed E-state index contributed by atoms with van der Waals surface area (Å²) in [6, 6.07) is 10.9. The summed E-state index contributed by atoms with van der Waals surface area (Å²) in [7, 11) is 1.54. The van der Waals surface area contributed by atoms with Crippen molar-refractivity contribution in [3.05, 3.63) is 66.2 Å². The Labute approximate surface area is 182 Å². The lowest BCUT2D eigenvalue weighted by molar-refractivity contribution is -0.122. The first-order chi connectivity index (χ1) is 15.7. The van der Waals surface area contributed by atoms with Gasteiger partial charge in [0.1, 0.15) is 17.7 Å². The summed E-state index contributed by atoms with van der Waals surface area (Å²) in [5, 5.41) is 14.4. The monoisotopic (exact) mass is 429 g/mol. The molecule has 4 aromatic rings. The van der Waals surface area contributed by atoms with Crippen molar-refractivity contribution in [3.63, 3.8) is 0 Å². The lowest BCUT2D eigenvalue weighted by Gasteiger charge is -2.09. The fraction of sp³-hybridized carbons (Fsp3) is 0.182. The van der Waals surface area contributed by atoms with Crippen molar-refractivity contribution in [3.8, 4) is 5.75 Å². The van der Waals surface area contributed by atoms with Gasteiger partial charge in [-0.15, -0.1) is 5.10 Å². The smallest absolute Gasteiger partial charge is 0.259 e. The lowest BCUT2D eigenvalue weighted by atomic mass is 9.96. The van der Waals surface area contributed by atoms with E-state index < -0.39 is 11.8 Å². The Kier molecular flexibility index (Phi) is 4.94. The van der Waals surface area contributed by atoms with E-state index in [0.29, 0.717) is 41.1 Å². The number of hydrogen-bond acceptors (Lipinski definition) is 7. The zero-order chi connectivity index (χ0) is 22.1. The summed E-state index contributed by atoms with van der Waals surface area (Å²) in [4.78, 5) is 30.2. The predicted octanol–water partition coefficient (Wildman–Crippen LogP) is 1.69.